The van der Waals surface area contributed by atoms with Crippen molar-refractivity contribution in [3.05, 3.63) is 35.4 Å². The summed E-state index contributed by atoms with van der Waals surface area (Å²) in [6.45, 7) is 13.7. The lowest BCUT2D eigenvalue weighted by Crippen LogP contribution is -2.41. The predicted octanol–water partition coefficient (Wildman–Crippen LogP) is 4.11. The third-order valence-corrected chi connectivity index (χ3v) is 6.91. The molecule has 3 saturated heterocycles. The molecule has 2 atom stereocenters. The van der Waals surface area contributed by atoms with Crippen LogP contribution < -0.4 is 5.32 Å². The lowest BCUT2D eigenvalue weighted by Gasteiger charge is -2.31. The Morgan fingerprint density at radius 2 is 2.07 bits per heavy atom. The molecule has 1 spiro atoms. The normalized spacial score (nSPS) is 27.5. The van der Waals surface area contributed by atoms with Gasteiger partial charge in [-0.2, -0.15) is 0 Å². The molecule has 3 fully saturated rings. The van der Waals surface area contributed by atoms with Gasteiger partial charge < -0.3 is 15.0 Å². The van der Waals surface area contributed by atoms with E-state index in [1.54, 1.807) is 0 Å². The summed E-state index contributed by atoms with van der Waals surface area (Å²) in [5, 5.41) is 3.53. The Bertz CT molecular complexity index is 704. The van der Waals surface area contributed by atoms with Gasteiger partial charge in [-0.1, -0.05) is 31.2 Å². The number of piperidine rings is 1. The molecular weight excluding hydrogens is 487 g/mol. The van der Waals surface area contributed by atoms with Crippen LogP contribution in [0.15, 0.2) is 29.3 Å². The van der Waals surface area contributed by atoms with Crippen molar-refractivity contribution < 1.29 is 4.74 Å². The van der Waals surface area contributed by atoms with Crippen LogP contribution in [0.4, 0.5) is 0 Å². The Hall–Kier alpha value is -0.860. The van der Waals surface area contributed by atoms with Crippen LogP contribution in [0.3, 0.4) is 0 Å². The van der Waals surface area contributed by atoms with E-state index in [1.165, 1.54) is 49.9 Å². The molecule has 3 aliphatic heterocycles. The van der Waals surface area contributed by atoms with E-state index in [0.717, 1.165) is 57.8 Å². The van der Waals surface area contributed by atoms with E-state index < -0.39 is 0 Å². The topological polar surface area (TPSA) is 40.1 Å². The molecule has 6 heteroatoms. The fourth-order valence-corrected chi connectivity index (χ4v) is 5.21. The summed E-state index contributed by atoms with van der Waals surface area (Å²) >= 11 is 0. The number of ether oxygens (including phenoxy) is 1. The van der Waals surface area contributed by atoms with Crippen LogP contribution in [0.25, 0.3) is 0 Å². The van der Waals surface area contributed by atoms with Crippen molar-refractivity contribution in [2.75, 3.05) is 45.9 Å². The molecule has 1 aromatic carbocycles. The second-order valence-electron chi connectivity index (χ2n) is 9.40. The zero-order chi connectivity index (χ0) is 20.1. The molecule has 1 aromatic rings. The standard InChI is InChI=1S/C24H38N4O.HI/c1-3-25-23(28-13-10-24(18-28)11-14-29-19-24)26-15-21-8-4-5-9-22(21)17-27-12-6-7-20(2)16-27;/h4-5,8-9,20H,3,6-7,10-19H2,1-2H3,(H,25,26);1H. The molecule has 3 aliphatic rings. The lowest BCUT2D eigenvalue weighted by atomic mass is 9.87. The van der Waals surface area contributed by atoms with E-state index in [2.05, 4.69) is 53.2 Å². The van der Waals surface area contributed by atoms with Crippen molar-refractivity contribution in [1.82, 2.24) is 15.1 Å². The third kappa shape index (κ3) is 5.88. The van der Waals surface area contributed by atoms with Crippen molar-refractivity contribution in [2.45, 2.75) is 52.6 Å². The molecule has 0 aliphatic carbocycles. The van der Waals surface area contributed by atoms with E-state index in [0.29, 0.717) is 5.41 Å². The first-order valence-corrected chi connectivity index (χ1v) is 11.6. The highest BCUT2D eigenvalue weighted by Crippen LogP contribution is 2.38. The van der Waals surface area contributed by atoms with Gasteiger partial charge >= 0.3 is 0 Å². The van der Waals surface area contributed by atoms with E-state index in [4.69, 9.17) is 9.73 Å². The van der Waals surface area contributed by atoms with E-state index in [1.807, 2.05) is 0 Å². The van der Waals surface area contributed by atoms with Crippen molar-refractivity contribution >= 4 is 29.9 Å². The van der Waals surface area contributed by atoms with Crippen molar-refractivity contribution in [2.24, 2.45) is 16.3 Å². The maximum atomic E-state index is 5.70. The molecule has 5 nitrogen and oxygen atoms in total. The van der Waals surface area contributed by atoms with Crippen LogP contribution >= 0.6 is 24.0 Å². The van der Waals surface area contributed by atoms with Gasteiger partial charge in [-0.05, 0) is 56.2 Å². The quantitative estimate of drug-likeness (QED) is 0.356. The minimum atomic E-state index is 0. The van der Waals surface area contributed by atoms with Crippen LogP contribution in [0.1, 0.15) is 50.7 Å². The number of rotatable bonds is 5. The first-order valence-electron chi connectivity index (χ1n) is 11.6. The van der Waals surface area contributed by atoms with Crippen LogP contribution in [0.2, 0.25) is 0 Å². The Morgan fingerprint density at radius 3 is 2.80 bits per heavy atom. The number of hydrogen-bond acceptors (Lipinski definition) is 3. The average molecular weight is 527 g/mol. The Labute approximate surface area is 199 Å². The minimum Gasteiger partial charge on any atom is -0.381 e. The number of benzene rings is 1. The number of nitrogens with one attached hydrogen (secondary N) is 1. The summed E-state index contributed by atoms with van der Waals surface area (Å²) < 4.78 is 5.70. The molecule has 30 heavy (non-hydrogen) atoms. The summed E-state index contributed by atoms with van der Waals surface area (Å²) in [7, 11) is 0. The van der Waals surface area contributed by atoms with Crippen molar-refractivity contribution in [3.63, 3.8) is 0 Å². The first kappa shape index (κ1) is 23.8. The SMILES string of the molecule is CCNC(=NCc1ccccc1CN1CCCC(C)C1)N1CCC2(CCOC2)C1.I. The molecule has 168 valence electrons. The van der Waals surface area contributed by atoms with E-state index in [9.17, 15) is 0 Å². The van der Waals surface area contributed by atoms with Crippen LogP contribution in [-0.4, -0.2) is 61.7 Å². The number of halogens is 1. The molecule has 4 rings (SSSR count). The molecule has 0 bridgehead atoms. The number of nitrogens with zero attached hydrogens (tertiary/aromatic N) is 3. The zero-order valence-electron chi connectivity index (χ0n) is 18.7. The number of likely N-dealkylation sites (tertiary alicyclic amines) is 2. The van der Waals surface area contributed by atoms with Gasteiger partial charge in [-0.3, -0.25) is 4.90 Å². The number of hydrogen-bond donors (Lipinski definition) is 1. The maximum absolute atomic E-state index is 5.70. The van der Waals surface area contributed by atoms with Crippen molar-refractivity contribution in [3.8, 4) is 0 Å². The molecular formula is C24H39IN4O. The van der Waals surface area contributed by atoms with Gasteiger partial charge in [0.1, 0.15) is 0 Å². The second kappa shape index (κ2) is 11.1. The average Bonchev–Trinajstić information content (AvgIpc) is 3.36. The van der Waals surface area contributed by atoms with Gasteiger partial charge in [0.15, 0.2) is 5.96 Å². The van der Waals surface area contributed by atoms with Gasteiger partial charge in [-0.25, -0.2) is 4.99 Å². The fraction of sp³-hybridized carbons (Fsp3) is 0.708. The summed E-state index contributed by atoms with van der Waals surface area (Å²) in [5.74, 6) is 1.88. The summed E-state index contributed by atoms with van der Waals surface area (Å²) in [5.41, 5.74) is 3.15. The molecule has 0 amide bonds. The zero-order valence-corrected chi connectivity index (χ0v) is 21.1. The van der Waals surface area contributed by atoms with E-state index in [-0.39, 0.29) is 24.0 Å². The highest BCUT2D eigenvalue weighted by molar-refractivity contribution is 14.0. The molecule has 1 N–H and O–H groups in total. The molecule has 3 heterocycles. The Morgan fingerprint density at radius 1 is 1.23 bits per heavy atom. The fourth-order valence-electron chi connectivity index (χ4n) is 5.21. The maximum Gasteiger partial charge on any atom is 0.194 e. The van der Waals surface area contributed by atoms with Crippen LogP contribution in [-0.2, 0) is 17.8 Å². The van der Waals surface area contributed by atoms with Gasteiger partial charge in [-0.15, -0.1) is 24.0 Å². The monoisotopic (exact) mass is 526 g/mol. The predicted molar refractivity (Wildman–Crippen MR) is 134 cm³/mol. The minimum absolute atomic E-state index is 0. The first-order chi connectivity index (χ1) is 14.2. The van der Waals surface area contributed by atoms with Crippen LogP contribution in [0.5, 0.6) is 0 Å². The molecule has 0 radical (unpaired) electrons. The summed E-state index contributed by atoms with van der Waals surface area (Å²) in [6.07, 6.45) is 5.12. The molecule has 0 saturated carbocycles. The van der Waals surface area contributed by atoms with E-state index >= 15 is 0 Å². The number of aliphatic imine (C=N–C) groups is 1. The largest absolute Gasteiger partial charge is 0.381 e. The Balaban J connectivity index is 0.00000256. The summed E-state index contributed by atoms with van der Waals surface area (Å²) in [6, 6.07) is 8.87. The number of guanidine groups is 1. The van der Waals surface area contributed by atoms with Crippen molar-refractivity contribution in [1.29, 1.82) is 0 Å². The van der Waals surface area contributed by atoms with Gasteiger partial charge in [0.25, 0.3) is 0 Å². The molecule has 2 unspecified atom stereocenters. The molecule has 0 aromatic heterocycles. The lowest BCUT2D eigenvalue weighted by molar-refractivity contribution is 0.156. The highest BCUT2D eigenvalue weighted by atomic mass is 127. The van der Waals surface area contributed by atoms with Gasteiger partial charge in [0.2, 0.25) is 0 Å². The second-order valence-corrected chi connectivity index (χ2v) is 9.40. The van der Waals surface area contributed by atoms with Gasteiger partial charge in [0, 0.05) is 44.7 Å². The smallest absolute Gasteiger partial charge is 0.194 e. The van der Waals surface area contributed by atoms with Crippen LogP contribution in [0, 0.1) is 11.3 Å². The third-order valence-electron chi connectivity index (χ3n) is 6.91. The Kier molecular flexibility index (Phi) is 8.83. The summed E-state index contributed by atoms with van der Waals surface area (Å²) in [4.78, 5) is 10.1. The van der Waals surface area contributed by atoms with Gasteiger partial charge in [0.05, 0.1) is 13.2 Å². The highest BCUT2D eigenvalue weighted by Gasteiger charge is 2.42.